The molecule has 0 aliphatic carbocycles. The van der Waals surface area contributed by atoms with Crippen LogP contribution in [-0.4, -0.2) is 32.8 Å². The Kier molecular flexibility index (Phi) is 5.01. The van der Waals surface area contributed by atoms with Gasteiger partial charge in [-0.1, -0.05) is 13.3 Å². The van der Waals surface area contributed by atoms with Crippen LogP contribution in [0.2, 0.25) is 0 Å². The minimum Gasteiger partial charge on any atom is -0.480 e. The van der Waals surface area contributed by atoms with E-state index in [2.05, 4.69) is 10.4 Å². The average Bonchev–Trinajstić information content (AvgIpc) is 2.36. The summed E-state index contributed by atoms with van der Waals surface area (Å²) < 4.78 is 1.08. The van der Waals surface area contributed by atoms with Crippen LogP contribution in [0, 0.1) is 13.8 Å². The van der Waals surface area contributed by atoms with Crippen LogP contribution in [0.3, 0.4) is 0 Å². The monoisotopic (exact) mass is 281 g/mol. The van der Waals surface area contributed by atoms with E-state index in [0.717, 1.165) is 4.68 Å². The number of hydrogen-bond donors (Lipinski definition) is 2. The van der Waals surface area contributed by atoms with Crippen molar-refractivity contribution in [1.29, 1.82) is 0 Å². The lowest BCUT2D eigenvalue weighted by Gasteiger charge is -2.15. The zero-order valence-electron chi connectivity index (χ0n) is 12.1. The number of aryl methyl sites for hydroxylation is 2. The fourth-order valence-electron chi connectivity index (χ4n) is 1.89. The lowest BCUT2D eigenvalue weighted by molar-refractivity contribution is -0.139. The number of hydrogen-bond acceptors (Lipinski definition) is 4. The number of carboxylic acid groups (broad SMARTS) is 1. The smallest absolute Gasteiger partial charge is 0.326 e. The molecule has 0 radical (unpaired) electrons. The number of aliphatic carboxylic acids is 1. The maximum absolute atomic E-state index is 12.2. The second-order valence-corrected chi connectivity index (χ2v) is 4.67. The Morgan fingerprint density at radius 2 is 2.00 bits per heavy atom. The van der Waals surface area contributed by atoms with Gasteiger partial charge >= 0.3 is 5.97 Å². The number of aromatic nitrogens is 2. The number of rotatable bonds is 5. The van der Waals surface area contributed by atoms with Gasteiger partial charge in [-0.25, -0.2) is 9.48 Å². The van der Waals surface area contributed by atoms with Crippen LogP contribution < -0.4 is 10.9 Å². The number of carbonyl (C=O) groups excluding carboxylic acids is 1. The van der Waals surface area contributed by atoms with E-state index >= 15 is 0 Å². The lowest BCUT2D eigenvalue weighted by Crippen LogP contribution is -2.43. The summed E-state index contributed by atoms with van der Waals surface area (Å²) in [5.74, 6) is -1.78. The SMILES string of the molecule is CCCC(NC(=O)c1c(C)c(C)nn(C)c1=O)C(=O)O. The third kappa shape index (κ3) is 3.23. The van der Waals surface area contributed by atoms with Crippen molar-refractivity contribution in [3.05, 3.63) is 27.2 Å². The quantitative estimate of drug-likeness (QED) is 0.812. The topological polar surface area (TPSA) is 101 Å². The Morgan fingerprint density at radius 1 is 1.40 bits per heavy atom. The Hall–Kier alpha value is -2.18. The van der Waals surface area contributed by atoms with Crippen LogP contribution >= 0.6 is 0 Å². The molecule has 20 heavy (non-hydrogen) atoms. The predicted octanol–water partition coefficient (Wildman–Crippen LogP) is 0.380. The van der Waals surface area contributed by atoms with Gasteiger partial charge in [-0.2, -0.15) is 5.10 Å². The Bertz CT molecular complexity index is 592. The first-order chi connectivity index (χ1) is 9.29. The number of carbonyl (C=O) groups is 2. The first kappa shape index (κ1) is 15.9. The maximum Gasteiger partial charge on any atom is 0.326 e. The number of amides is 1. The first-order valence-corrected chi connectivity index (χ1v) is 6.37. The summed E-state index contributed by atoms with van der Waals surface area (Å²) in [4.78, 5) is 35.2. The molecule has 0 aromatic carbocycles. The van der Waals surface area contributed by atoms with Gasteiger partial charge in [-0.3, -0.25) is 9.59 Å². The molecule has 0 aliphatic heterocycles. The van der Waals surface area contributed by atoms with Crippen LogP contribution in [-0.2, 0) is 11.8 Å². The largest absolute Gasteiger partial charge is 0.480 e. The number of nitrogens with one attached hydrogen (secondary N) is 1. The van der Waals surface area contributed by atoms with Crippen molar-refractivity contribution in [2.45, 2.75) is 39.7 Å². The second kappa shape index (κ2) is 6.31. The van der Waals surface area contributed by atoms with Crippen molar-refractivity contribution in [3.8, 4) is 0 Å². The Labute approximate surface area is 116 Å². The van der Waals surface area contributed by atoms with Crippen molar-refractivity contribution >= 4 is 11.9 Å². The van der Waals surface area contributed by atoms with Gasteiger partial charge < -0.3 is 10.4 Å². The molecule has 1 rings (SSSR count). The van der Waals surface area contributed by atoms with E-state index in [9.17, 15) is 14.4 Å². The standard InChI is InChI=1S/C13H19N3O4/c1-5-6-9(13(19)20)14-11(17)10-7(2)8(3)15-16(4)12(10)18/h9H,5-6H2,1-4H3,(H,14,17)(H,19,20). The molecule has 1 unspecified atom stereocenters. The predicted molar refractivity (Wildman–Crippen MR) is 72.8 cm³/mol. The summed E-state index contributed by atoms with van der Waals surface area (Å²) in [6.07, 6.45) is 0.925. The van der Waals surface area contributed by atoms with Crippen LogP contribution in [0.25, 0.3) is 0 Å². The number of nitrogens with zero attached hydrogens (tertiary/aromatic N) is 2. The zero-order valence-corrected chi connectivity index (χ0v) is 12.1. The van der Waals surface area contributed by atoms with Crippen LogP contribution in [0.15, 0.2) is 4.79 Å². The van der Waals surface area contributed by atoms with Crippen molar-refractivity contribution in [2.24, 2.45) is 7.05 Å². The summed E-state index contributed by atoms with van der Waals surface area (Å²) in [5, 5.41) is 15.4. The normalized spacial score (nSPS) is 12.0. The Morgan fingerprint density at radius 3 is 2.50 bits per heavy atom. The van der Waals surface area contributed by atoms with Crippen molar-refractivity contribution in [2.75, 3.05) is 0 Å². The molecule has 1 atom stereocenters. The van der Waals surface area contributed by atoms with Gasteiger partial charge in [0, 0.05) is 7.05 Å². The van der Waals surface area contributed by atoms with Crippen LogP contribution in [0.5, 0.6) is 0 Å². The highest BCUT2D eigenvalue weighted by atomic mass is 16.4. The molecule has 0 bridgehead atoms. The molecule has 0 aliphatic rings. The molecule has 0 fully saturated rings. The molecule has 1 aromatic heterocycles. The Balaban J connectivity index is 3.16. The molecule has 1 aromatic rings. The van der Waals surface area contributed by atoms with E-state index < -0.39 is 23.5 Å². The molecule has 0 spiro atoms. The molecule has 2 N–H and O–H groups in total. The molecule has 110 valence electrons. The molecule has 0 saturated heterocycles. The van der Waals surface area contributed by atoms with Crippen molar-refractivity contribution in [1.82, 2.24) is 15.1 Å². The van der Waals surface area contributed by atoms with E-state index in [1.165, 1.54) is 7.05 Å². The van der Waals surface area contributed by atoms with E-state index in [0.29, 0.717) is 24.1 Å². The highest BCUT2D eigenvalue weighted by Gasteiger charge is 2.23. The van der Waals surface area contributed by atoms with Gasteiger partial charge in [-0.15, -0.1) is 0 Å². The maximum atomic E-state index is 12.2. The average molecular weight is 281 g/mol. The highest BCUT2D eigenvalue weighted by Crippen LogP contribution is 2.07. The van der Waals surface area contributed by atoms with Crippen molar-refractivity contribution in [3.63, 3.8) is 0 Å². The third-order valence-electron chi connectivity index (χ3n) is 3.13. The van der Waals surface area contributed by atoms with E-state index in [-0.39, 0.29) is 5.56 Å². The van der Waals surface area contributed by atoms with E-state index in [1.54, 1.807) is 13.8 Å². The van der Waals surface area contributed by atoms with Crippen LogP contribution in [0.1, 0.15) is 41.4 Å². The minimum absolute atomic E-state index is 0.0534. The first-order valence-electron chi connectivity index (χ1n) is 6.37. The lowest BCUT2D eigenvalue weighted by atomic mass is 10.1. The van der Waals surface area contributed by atoms with Gasteiger partial charge in [0.2, 0.25) is 0 Å². The van der Waals surface area contributed by atoms with E-state index in [1.807, 2.05) is 6.92 Å². The van der Waals surface area contributed by atoms with Crippen molar-refractivity contribution < 1.29 is 14.7 Å². The zero-order chi connectivity index (χ0) is 15.4. The minimum atomic E-state index is -1.11. The van der Waals surface area contributed by atoms with Gasteiger partial charge in [0.1, 0.15) is 11.6 Å². The third-order valence-corrected chi connectivity index (χ3v) is 3.13. The molecule has 1 amide bonds. The molecule has 7 nitrogen and oxygen atoms in total. The highest BCUT2D eigenvalue weighted by molar-refractivity contribution is 5.97. The fourth-order valence-corrected chi connectivity index (χ4v) is 1.89. The molecule has 0 saturated carbocycles. The molecule has 1 heterocycles. The molecule has 7 heteroatoms. The van der Waals surface area contributed by atoms with Crippen LogP contribution in [0.4, 0.5) is 0 Å². The summed E-state index contributed by atoms with van der Waals surface area (Å²) in [5.41, 5.74) is 0.430. The summed E-state index contributed by atoms with van der Waals surface area (Å²) in [6, 6.07) is -0.995. The van der Waals surface area contributed by atoms with Gasteiger partial charge in [-0.05, 0) is 25.8 Å². The number of carboxylic acids is 1. The summed E-state index contributed by atoms with van der Waals surface area (Å²) in [6.45, 7) is 5.13. The second-order valence-electron chi connectivity index (χ2n) is 4.67. The fraction of sp³-hybridized carbons (Fsp3) is 0.538. The van der Waals surface area contributed by atoms with E-state index in [4.69, 9.17) is 5.11 Å². The summed E-state index contributed by atoms with van der Waals surface area (Å²) in [7, 11) is 1.45. The summed E-state index contributed by atoms with van der Waals surface area (Å²) >= 11 is 0. The molecular formula is C13H19N3O4. The van der Waals surface area contributed by atoms with Gasteiger partial charge in [0.05, 0.1) is 5.69 Å². The van der Waals surface area contributed by atoms with Gasteiger partial charge in [0.25, 0.3) is 11.5 Å². The molecular weight excluding hydrogens is 262 g/mol. The van der Waals surface area contributed by atoms with Gasteiger partial charge in [0.15, 0.2) is 0 Å².